The van der Waals surface area contributed by atoms with E-state index in [1.807, 2.05) is 0 Å². The minimum atomic E-state index is -3.62. The molecule has 1 amide bonds. The summed E-state index contributed by atoms with van der Waals surface area (Å²) in [5.41, 5.74) is 1.14. The Morgan fingerprint density at radius 2 is 1.85 bits per heavy atom. The Balaban J connectivity index is 1.67. The standard InChI is InChI=1S/C22H22N2O7S2/c1-4-33(27,28)19-8-6-5-7-15(19)21(26)31-12-20(25)24-22-23-17(13-32-22)16-11-14(29-2)9-10-18(16)30-3/h5-11,13H,4,12H2,1-3H3,(H,23,24,25). The van der Waals surface area contributed by atoms with E-state index in [-0.39, 0.29) is 16.2 Å². The quantitative estimate of drug-likeness (QED) is 0.453. The maximum Gasteiger partial charge on any atom is 0.339 e. The highest BCUT2D eigenvalue weighted by Crippen LogP contribution is 2.35. The summed E-state index contributed by atoms with van der Waals surface area (Å²) in [5, 5.41) is 4.60. The molecule has 0 saturated heterocycles. The zero-order valence-electron chi connectivity index (χ0n) is 18.2. The SMILES string of the molecule is CCS(=O)(=O)c1ccccc1C(=O)OCC(=O)Nc1nc(-c2cc(OC)ccc2OC)cs1. The Hall–Kier alpha value is -3.44. The summed E-state index contributed by atoms with van der Waals surface area (Å²) < 4.78 is 40.0. The number of sulfone groups is 1. The normalized spacial score (nSPS) is 11.0. The number of nitrogens with one attached hydrogen (secondary N) is 1. The number of anilines is 1. The van der Waals surface area contributed by atoms with E-state index < -0.39 is 28.3 Å². The van der Waals surface area contributed by atoms with E-state index >= 15 is 0 Å². The lowest BCUT2D eigenvalue weighted by molar-refractivity contribution is -0.119. The van der Waals surface area contributed by atoms with E-state index in [2.05, 4.69) is 10.3 Å². The molecule has 0 unspecified atom stereocenters. The maximum absolute atomic E-state index is 12.4. The molecule has 0 aliphatic rings. The maximum atomic E-state index is 12.4. The van der Waals surface area contributed by atoms with Gasteiger partial charge in [-0.1, -0.05) is 19.1 Å². The van der Waals surface area contributed by atoms with Gasteiger partial charge in [-0.2, -0.15) is 0 Å². The van der Waals surface area contributed by atoms with Gasteiger partial charge < -0.3 is 14.2 Å². The van der Waals surface area contributed by atoms with Crippen LogP contribution in [0.5, 0.6) is 11.5 Å². The zero-order chi connectivity index (χ0) is 24.0. The van der Waals surface area contributed by atoms with E-state index in [1.165, 1.54) is 42.5 Å². The van der Waals surface area contributed by atoms with Gasteiger partial charge in [-0.25, -0.2) is 18.2 Å². The average Bonchev–Trinajstić information content (AvgIpc) is 3.30. The first-order valence-electron chi connectivity index (χ1n) is 9.75. The monoisotopic (exact) mass is 490 g/mol. The van der Waals surface area contributed by atoms with Crippen LogP contribution in [0.15, 0.2) is 52.7 Å². The molecule has 0 atom stereocenters. The zero-order valence-corrected chi connectivity index (χ0v) is 19.8. The Morgan fingerprint density at radius 3 is 2.55 bits per heavy atom. The van der Waals surface area contributed by atoms with Crippen molar-refractivity contribution in [2.24, 2.45) is 0 Å². The van der Waals surface area contributed by atoms with Crippen LogP contribution < -0.4 is 14.8 Å². The van der Waals surface area contributed by atoms with Crippen LogP contribution in [0.25, 0.3) is 11.3 Å². The lowest BCUT2D eigenvalue weighted by atomic mass is 10.1. The van der Waals surface area contributed by atoms with Gasteiger partial charge in [-0.3, -0.25) is 10.1 Å². The Labute approximate surface area is 195 Å². The summed E-state index contributed by atoms with van der Waals surface area (Å²) in [6.45, 7) is 0.880. The van der Waals surface area contributed by atoms with Crippen LogP contribution in [0.2, 0.25) is 0 Å². The van der Waals surface area contributed by atoms with Crippen LogP contribution in [-0.2, 0) is 19.4 Å². The Morgan fingerprint density at radius 1 is 1.09 bits per heavy atom. The second-order valence-electron chi connectivity index (χ2n) is 6.63. The van der Waals surface area contributed by atoms with Crippen LogP contribution in [0.3, 0.4) is 0 Å². The van der Waals surface area contributed by atoms with Crippen LogP contribution >= 0.6 is 11.3 Å². The van der Waals surface area contributed by atoms with Crippen molar-refractivity contribution in [2.75, 3.05) is 31.9 Å². The third kappa shape index (κ3) is 5.68. The predicted molar refractivity (Wildman–Crippen MR) is 124 cm³/mol. The van der Waals surface area contributed by atoms with Gasteiger partial charge in [0.05, 0.1) is 36.1 Å². The number of carbonyl (C=O) groups is 2. The minimum absolute atomic E-state index is 0.117. The fourth-order valence-corrected chi connectivity index (χ4v) is 4.71. The summed E-state index contributed by atoms with van der Waals surface area (Å²) in [6.07, 6.45) is 0. The van der Waals surface area contributed by atoms with Crippen LogP contribution in [0.4, 0.5) is 5.13 Å². The first-order valence-corrected chi connectivity index (χ1v) is 12.3. The first kappa shape index (κ1) is 24.2. The molecule has 1 aromatic heterocycles. The number of ether oxygens (including phenoxy) is 3. The number of thiazole rings is 1. The minimum Gasteiger partial charge on any atom is -0.497 e. The number of methoxy groups -OCH3 is 2. The van der Waals surface area contributed by atoms with Crippen molar-refractivity contribution in [3.63, 3.8) is 0 Å². The third-order valence-corrected chi connectivity index (χ3v) is 7.13. The molecule has 9 nitrogen and oxygen atoms in total. The molecule has 0 radical (unpaired) electrons. The Kier molecular flexibility index (Phi) is 7.67. The number of amides is 1. The molecule has 174 valence electrons. The smallest absolute Gasteiger partial charge is 0.339 e. The molecule has 33 heavy (non-hydrogen) atoms. The van der Waals surface area contributed by atoms with E-state index in [0.29, 0.717) is 27.9 Å². The van der Waals surface area contributed by atoms with Crippen molar-refractivity contribution in [3.8, 4) is 22.8 Å². The number of hydrogen-bond acceptors (Lipinski definition) is 9. The van der Waals surface area contributed by atoms with Gasteiger partial charge in [0, 0.05) is 10.9 Å². The van der Waals surface area contributed by atoms with Crippen molar-refractivity contribution < 1.29 is 32.2 Å². The predicted octanol–water partition coefficient (Wildman–Crippen LogP) is 3.42. The lowest BCUT2D eigenvalue weighted by Crippen LogP contribution is -2.22. The molecule has 0 spiro atoms. The van der Waals surface area contributed by atoms with Crippen molar-refractivity contribution in [2.45, 2.75) is 11.8 Å². The first-order chi connectivity index (χ1) is 15.8. The van der Waals surface area contributed by atoms with Crippen LogP contribution in [0, 0.1) is 0 Å². The van der Waals surface area contributed by atoms with E-state index in [0.717, 1.165) is 0 Å². The van der Waals surface area contributed by atoms with Gasteiger partial charge in [0.25, 0.3) is 5.91 Å². The van der Waals surface area contributed by atoms with E-state index in [9.17, 15) is 18.0 Å². The summed E-state index contributed by atoms with van der Waals surface area (Å²) >= 11 is 1.19. The highest BCUT2D eigenvalue weighted by molar-refractivity contribution is 7.91. The molecule has 0 aliphatic carbocycles. The molecule has 0 saturated carbocycles. The fraction of sp³-hybridized carbons (Fsp3) is 0.227. The number of carbonyl (C=O) groups excluding carboxylic acids is 2. The highest BCUT2D eigenvalue weighted by atomic mass is 32.2. The average molecular weight is 491 g/mol. The molecule has 1 N–H and O–H groups in total. The molecule has 3 rings (SSSR count). The van der Waals surface area contributed by atoms with Crippen molar-refractivity contribution in [3.05, 3.63) is 53.4 Å². The number of benzene rings is 2. The number of rotatable bonds is 9. The van der Waals surface area contributed by atoms with Gasteiger partial charge in [-0.15, -0.1) is 11.3 Å². The summed E-state index contributed by atoms with van der Waals surface area (Å²) in [4.78, 5) is 28.9. The fourth-order valence-electron chi connectivity index (χ4n) is 2.90. The van der Waals surface area contributed by atoms with Gasteiger partial charge in [0.2, 0.25) is 0 Å². The molecule has 0 fully saturated rings. The van der Waals surface area contributed by atoms with Crippen molar-refractivity contribution >= 4 is 38.2 Å². The van der Waals surface area contributed by atoms with Gasteiger partial charge >= 0.3 is 5.97 Å². The lowest BCUT2D eigenvalue weighted by Gasteiger charge is -2.09. The van der Waals surface area contributed by atoms with Gasteiger partial charge in [-0.05, 0) is 30.3 Å². The number of nitrogens with zero attached hydrogens (tertiary/aromatic N) is 1. The number of esters is 1. The molecule has 1 heterocycles. The largest absolute Gasteiger partial charge is 0.497 e. The van der Waals surface area contributed by atoms with Gasteiger partial charge in [0.1, 0.15) is 11.5 Å². The second-order valence-corrected chi connectivity index (χ2v) is 9.73. The molecule has 2 aromatic carbocycles. The molecule has 11 heteroatoms. The molecule has 0 aliphatic heterocycles. The van der Waals surface area contributed by atoms with Gasteiger partial charge in [0.15, 0.2) is 21.6 Å². The van der Waals surface area contributed by atoms with E-state index in [1.54, 1.807) is 37.8 Å². The molecular formula is C22H22N2O7S2. The topological polar surface area (TPSA) is 121 Å². The third-order valence-electron chi connectivity index (χ3n) is 4.59. The summed E-state index contributed by atoms with van der Waals surface area (Å²) in [6, 6.07) is 11.0. The van der Waals surface area contributed by atoms with Crippen LogP contribution in [-0.4, -0.2) is 51.9 Å². The van der Waals surface area contributed by atoms with Crippen LogP contribution in [0.1, 0.15) is 17.3 Å². The summed E-state index contributed by atoms with van der Waals surface area (Å²) in [7, 11) is -0.533. The van der Waals surface area contributed by atoms with E-state index in [4.69, 9.17) is 14.2 Å². The number of aromatic nitrogens is 1. The van der Waals surface area contributed by atoms with Crippen molar-refractivity contribution in [1.29, 1.82) is 0 Å². The molecule has 0 bridgehead atoms. The molecule has 3 aromatic rings. The Bertz CT molecular complexity index is 1270. The number of hydrogen-bond donors (Lipinski definition) is 1. The molecular weight excluding hydrogens is 468 g/mol. The summed E-state index contributed by atoms with van der Waals surface area (Å²) in [5.74, 6) is -0.464. The van der Waals surface area contributed by atoms with Crippen molar-refractivity contribution in [1.82, 2.24) is 4.98 Å². The second kappa shape index (κ2) is 10.5. The highest BCUT2D eigenvalue weighted by Gasteiger charge is 2.22.